The topological polar surface area (TPSA) is 9.23 Å². The molecule has 2 aromatic rings. The SMILES string of the molecule is COc1cccc(CC2(CCl)CCCc3ccccc32)c1. The van der Waals surface area contributed by atoms with Gasteiger partial charge in [-0.2, -0.15) is 0 Å². The molecule has 1 aliphatic rings. The van der Waals surface area contributed by atoms with E-state index in [0.717, 1.165) is 18.6 Å². The van der Waals surface area contributed by atoms with Crippen LogP contribution in [-0.4, -0.2) is 13.0 Å². The quantitative estimate of drug-likeness (QED) is 0.740. The molecule has 110 valence electrons. The van der Waals surface area contributed by atoms with Crippen LogP contribution in [0.4, 0.5) is 0 Å². The third-order valence-electron chi connectivity index (χ3n) is 4.62. The molecule has 0 fully saturated rings. The maximum atomic E-state index is 6.46. The fourth-order valence-corrected chi connectivity index (χ4v) is 3.92. The summed E-state index contributed by atoms with van der Waals surface area (Å²) in [6.45, 7) is 0. The lowest BCUT2D eigenvalue weighted by Crippen LogP contribution is -2.35. The van der Waals surface area contributed by atoms with E-state index in [2.05, 4.69) is 42.5 Å². The summed E-state index contributed by atoms with van der Waals surface area (Å²) in [5.74, 6) is 1.59. The molecule has 0 saturated heterocycles. The fourth-order valence-electron chi connectivity index (χ4n) is 3.55. The third kappa shape index (κ3) is 2.80. The van der Waals surface area contributed by atoms with Crippen molar-refractivity contribution >= 4 is 11.6 Å². The largest absolute Gasteiger partial charge is 0.497 e. The lowest BCUT2D eigenvalue weighted by molar-refractivity contribution is 0.392. The average Bonchev–Trinajstić information content (AvgIpc) is 2.55. The summed E-state index contributed by atoms with van der Waals surface area (Å²) < 4.78 is 5.35. The van der Waals surface area contributed by atoms with Gasteiger partial charge >= 0.3 is 0 Å². The summed E-state index contributed by atoms with van der Waals surface area (Å²) in [4.78, 5) is 0. The first kappa shape index (κ1) is 14.5. The van der Waals surface area contributed by atoms with Crippen LogP contribution in [0, 0.1) is 0 Å². The summed E-state index contributed by atoms with van der Waals surface area (Å²) in [7, 11) is 1.71. The molecular weight excluding hydrogens is 280 g/mol. The zero-order valence-electron chi connectivity index (χ0n) is 12.4. The van der Waals surface area contributed by atoms with Crippen LogP contribution in [0.3, 0.4) is 0 Å². The second-order valence-corrected chi connectivity index (χ2v) is 6.22. The van der Waals surface area contributed by atoms with Crippen molar-refractivity contribution in [2.24, 2.45) is 0 Å². The van der Waals surface area contributed by atoms with E-state index in [9.17, 15) is 0 Å². The molecule has 3 rings (SSSR count). The fraction of sp³-hybridized carbons (Fsp3) is 0.368. The Kier molecular flexibility index (Phi) is 4.21. The van der Waals surface area contributed by atoms with Gasteiger partial charge in [-0.05, 0) is 54.5 Å². The molecule has 1 nitrogen and oxygen atoms in total. The molecule has 0 N–H and O–H groups in total. The molecule has 0 spiro atoms. The highest BCUT2D eigenvalue weighted by molar-refractivity contribution is 6.18. The van der Waals surface area contributed by atoms with Crippen molar-refractivity contribution in [1.29, 1.82) is 0 Å². The van der Waals surface area contributed by atoms with Crippen molar-refractivity contribution in [2.45, 2.75) is 31.1 Å². The Bertz CT molecular complexity index is 622. The molecule has 21 heavy (non-hydrogen) atoms. The van der Waals surface area contributed by atoms with E-state index in [1.807, 2.05) is 6.07 Å². The van der Waals surface area contributed by atoms with Crippen LogP contribution in [0.25, 0.3) is 0 Å². The van der Waals surface area contributed by atoms with Crippen LogP contribution >= 0.6 is 11.6 Å². The van der Waals surface area contributed by atoms with Crippen molar-refractivity contribution in [3.05, 3.63) is 65.2 Å². The minimum atomic E-state index is 0.0583. The predicted octanol–water partition coefficient (Wildman–Crippen LogP) is 4.75. The van der Waals surface area contributed by atoms with Gasteiger partial charge in [0.15, 0.2) is 0 Å². The van der Waals surface area contributed by atoms with E-state index >= 15 is 0 Å². The molecule has 1 atom stereocenters. The van der Waals surface area contributed by atoms with Crippen LogP contribution in [0.2, 0.25) is 0 Å². The van der Waals surface area contributed by atoms with E-state index in [1.165, 1.54) is 29.5 Å². The van der Waals surface area contributed by atoms with Gasteiger partial charge in [0.2, 0.25) is 0 Å². The number of benzene rings is 2. The number of aryl methyl sites for hydroxylation is 1. The zero-order chi connectivity index (χ0) is 14.7. The van der Waals surface area contributed by atoms with Gasteiger partial charge in [0, 0.05) is 11.3 Å². The second kappa shape index (κ2) is 6.11. The van der Waals surface area contributed by atoms with Crippen LogP contribution in [0.1, 0.15) is 29.5 Å². The predicted molar refractivity (Wildman–Crippen MR) is 88.5 cm³/mol. The Morgan fingerprint density at radius 2 is 2.00 bits per heavy atom. The Morgan fingerprint density at radius 3 is 2.81 bits per heavy atom. The monoisotopic (exact) mass is 300 g/mol. The molecule has 0 heterocycles. The summed E-state index contributed by atoms with van der Waals surface area (Å²) in [5.41, 5.74) is 4.26. The lowest BCUT2D eigenvalue weighted by Gasteiger charge is -2.38. The summed E-state index contributed by atoms with van der Waals surface area (Å²) in [6, 6.07) is 17.1. The average molecular weight is 301 g/mol. The number of rotatable bonds is 4. The Balaban J connectivity index is 1.98. The van der Waals surface area contributed by atoms with E-state index in [1.54, 1.807) is 7.11 Å². The highest BCUT2D eigenvalue weighted by atomic mass is 35.5. The van der Waals surface area contributed by atoms with Crippen LogP contribution < -0.4 is 4.74 Å². The highest BCUT2D eigenvalue weighted by Gasteiger charge is 2.35. The minimum Gasteiger partial charge on any atom is -0.497 e. The number of halogens is 1. The van der Waals surface area contributed by atoms with Crippen molar-refractivity contribution in [1.82, 2.24) is 0 Å². The van der Waals surface area contributed by atoms with Gasteiger partial charge in [-0.25, -0.2) is 0 Å². The third-order valence-corrected chi connectivity index (χ3v) is 5.13. The van der Waals surface area contributed by atoms with Crippen molar-refractivity contribution < 1.29 is 4.74 Å². The number of methoxy groups -OCH3 is 1. The Hall–Kier alpha value is -1.47. The summed E-state index contributed by atoms with van der Waals surface area (Å²) in [6.07, 6.45) is 4.52. The number of ether oxygens (including phenoxy) is 1. The molecule has 0 amide bonds. The number of alkyl halides is 1. The molecule has 0 saturated carbocycles. The number of hydrogen-bond acceptors (Lipinski definition) is 1. The molecule has 0 bridgehead atoms. The van der Waals surface area contributed by atoms with Gasteiger partial charge in [-0.3, -0.25) is 0 Å². The maximum Gasteiger partial charge on any atom is 0.119 e. The van der Waals surface area contributed by atoms with E-state index in [0.29, 0.717) is 5.88 Å². The van der Waals surface area contributed by atoms with Gasteiger partial charge in [-0.15, -0.1) is 11.6 Å². The first-order valence-corrected chi connectivity index (χ1v) is 8.08. The Labute approximate surface area is 131 Å². The van der Waals surface area contributed by atoms with Gasteiger partial charge in [0.1, 0.15) is 5.75 Å². The lowest BCUT2D eigenvalue weighted by atomic mass is 9.68. The normalized spacial score (nSPS) is 20.9. The molecule has 1 aliphatic carbocycles. The van der Waals surface area contributed by atoms with Crippen LogP contribution in [0.5, 0.6) is 5.75 Å². The standard InChI is InChI=1S/C19H21ClO/c1-21-17-9-4-6-15(12-17)13-19(14-20)11-5-8-16-7-2-3-10-18(16)19/h2-4,6-7,9-10,12H,5,8,11,13-14H2,1H3. The first-order valence-electron chi connectivity index (χ1n) is 7.55. The van der Waals surface area contributed by atoms with Gasteiger partial charge < -0.3 is 4.74 Å². The van der Waals surface area contributed by atoms with E-state index in [-0.39, 0.29) is 5.41 Å². The molecule has 2 aromatic carbocycles. The zero-order valence-corrected chi connectivity index (χ0v) is 13.2. The van der Waals surface area contributed by atoms with Gasteiger partial charge in [0.25, 0.3) is 0 Å². The molecule has 1 unspecified atom stereocenters. The molecule has 0 aliphatic heterocycles. The van der Waals surface area contributed by atoms with Crippen LogP contribution in [0.15, 0.2) is 48.5 Å². The molecule has 2 heteroatoms. The molecule has 0 radical (unpaired) electrons. The second-order valence-electron chi connectivity index (χ2n) is 5.95. The maximum absolute atomic E-state index is 6.46. The van der Waals surface area contributed by atoms with Crippen LogP contribution in [-0.2, 0) is 18.3 Å². The van der Waals surface area contributed by atoms with Gasteiger partial charge in [-0.1, -0.05) is 36.4 Å². The number of fused-ring (bicyclic) bond motifs is 1. The summed E-state index contributed by atoms with van der Waals surface area (Å²) in [5, 5.41) is 0. The highest BCUT2D eigenvalue weighted by Crippen LogP contribution is 2.41. The van der Waals surface area contributed by atoms with Gasteiger partial charge in [0.05, 0.1) is 7.11 Å². The smallest absolute Gasteiger partial charge is 0.119 e. The summed E-state index contributed by atoms with van der Waals surface area (Å²) >= 11 is 6.46. The first-order chi connectivity index (χ1) is 10.3. The minimum absolute atomic E-state index is 0.0583. The van der Waals surface area contributed by atoms with E-state index in [4.69, 9.17) is 16.3 Å². The van der Waals surface area contributed by atoms with Crippen molar-refractivity contribution in [2.75, 3.05) is 13.0 Å². The Morgan fingerprint density at radius 1 is 1.14 bits per heavy atom. The molecular formula is C19H21ClO. The number of hydrogen-bond donors (Lipinski definition) is 0. The molecule has 0 aromatic heterocycles. The van der Waals surface area contributed by atoms with Crippen molar-refractivity contribution in [3.63, 3.8) is 0 Å². The van der Waals surface area contributed by atoms with Crippen molar-refractivity contribution in [3.8, 4) is 5.75 Å². The van der Waals surface area contributed by atoms with E-state index < -0.39 is 0 Å².